The van der Waals surface area contributed by atoms with Crippen molar-refractivity contribution < 1.29 is 17.6 Å². The fourth-order valence-electron chi connectivity index (χ4n) is 16.5. The molecule has 3 saturated carbocycles. The van der Waals surface area contributed by atoms with Gasteiger partial charge in [-0.15, -0.1) is 0 Å². The fraction of sp³-hybridized carbons (Fsp3) is 0.365. The van der Waals surface area contributed by atoms with Crippen LogP contribution in [0.3, 0.4) is 0 Å². The van der Waals surface area contributed by atoms with Gasteiger partial charge in [-0.05, 0) is 169 Å². The van der Waals surface area contributed by atoms with Gasteiger partial charge in [0.15, 0.2) is 29.1 Å². The van der Waals surface area contributed by atoms with Gasteiger partial charge in [0.25, 0.3) is 0 Å². The Balaban J connectivity index is 0.000000113. The highest BCUT2D eigenvalue weighted by atomic mass is 35.5. The first-order chi connectivity index (χ1) is 57.5. The van der Waals surface area contributed by atoms with Gasteiger partial charge in [-0.25, -0.2) is 28.1 Å². The van der Waals surface area contributed by atoms with E-state index in [4.69, 9.17) is 28.8 Å². The van der Waals surface area contributed by atoms with E-state index in [-0.39, 0.29) is 53.4 Å². The molecule has 4 unspecified atom stereocenters. The molecule has 5 aliphatic heterocycles. The Hall–Kier alpha value is -12.5. The SMILES string of the molecule is CN1CCN(c2ccc(Nc3ncnc(N4CCCC4c4ccc(F)cc4)c3F)nc2)CC1.Cc1ccccc1C1CCCN1c1cc(Nc2cc(C3CC3)[nH]n2)nc(N)n1.Nc1nc(Nc2cc(C3CC3)[nH]n2)cc(N2CCCC2c2ccc(Cl)cc2)n1.Nc1nc(Nc2cc(C3CC3)[nH]n2)cc(N2CCCC2c2ccc(F)cc2F)n1. The van der Waals surface area contributed by atoms with Gasteiger partial charge in [-0.2, -0.15) is 49.6 Å². The van der Waals surface area contributed by atoms with Crippen LogP contribution in [0.15, 0.2) is 152 Å². The summed E-state index contributed by atoms with van der Waals surface area (Å²) < 4.78 is 56.5. The number of H-pyrrole nitrogens is 3. The molecule has 20 rings (SSSR count). The van der Waals surface area contributed by atoms with E-state index in [1.54, 1.807) is 24.4 Å². The fourth-order valence-corrected chi connectivity index (χ4v) is 16.6. The molecule has 8 aliphatic rings. The van der Waals surface area contributed by atoms with Crippen molar-refractivity contribution in [3.8, 4) is 0 Å². The minimum atomic E-state index is -0.585. The van der Waals surface area contributed by atoms with Crippen molar-refractivity contribution in [2.24, 2.45) is 0 Å². The summed E-state index contributed by atoms with van der Waals surface area (Å²) in [7, 11) is 2.12. The Morgan fingerprint density at radius 3 is 1.36 bits per heavy atom. The lowest BCUT2D eigenvalue weighted by molar-refractivity contribution is 0.313. The van der Waals surface area contributed by atoms with E-state index in [2.05, 4.69) is 173 Å². The highest BCUT2D eigenvalue weighted by Gasteiger charge is 2.36. The predicted molar refractivity (Wildman–Crippen MR) is 453 cm³/mol. The molecule has 33 heteroatoms. The number of anilines is 16. The third kappa shape index (κ3) is 18.7. The molecule has 8 aromatic heterocycles. The highest BCUT2D eigenvalue weighted by Crippen LogP contribution is 2.46. The Labute approximate surface area is 685 Å². The topological polar surface area (TPSA) is 348 Å². The molecule has 4 aromatic carbocycles. The Morgan fingerprint density at radius 2 is 0.873 bits per heavy atom. The molecule has 0 amide bonds. The normalized spacial score (nSPS) is 19.1. The number of nitrogens with zero attached hydrogens (tertiary/aromatic N) is 18. The van der Waals surface area contributed by atoms with E-state index in [0.29, 0.717) is 77.4 Å². The third-order valence-corrected chi connectivity index (χ3v) is 23.2. The maximum atomic E-state index is 15.4. The van der Waals surface area contributed by atoms with Crippen LogP contribution in [0.2, 0.25) is 5.02 Å². The smallest absolute Gasteiger partial charge is 0.223 e. The van der Waals surface area contributed by atoms with E-state index in [0.717, 1.165) is 142 Å². The Kier molecular flexibility index (Phi) is 23.0. The number of aromatic amines is 3. The number of hydrogen-bond acceptors (Lipinski definition) is 25. The van der Waals surface area contributed by atoms with Crippen LogP contribution in [0.25, 0.3) is 0 Å². The second-order valence-corrected chi connectivity index (χ2v) is 31.9. The second-order valence-electron chi connectivity index (χ2n) is 31.4. The zero-order valence-corrected chi connectivity index (χ0v) is 66.5. The highest BCUT2D eigenvalue weighted by molar-refractivity contribution is 6.30. The van der Waals surface area contributed by atoms with E-state index in [1.807, 2.05) is 58.3 Å². The predicted octanol–water partition coefficient (Wildman–Crippen LogP) is 16.5. The minimum absolute atomic E-state index is 0.0520. The van der Waals surface area contributed by atoms with Crippen LogP contribution in [0.5, 0.6) is 0 Å². The van der Waals surface area contributed by atoms with Gasteiger partial charge < -0.3 is 67.9 Å². The number of nitrogen functional groups attached to an aromatic ring is 3. The van der Waals surface area contributed by atoms with Crippen molar-refractivity contribution in [2.75, 3.05) is 122 Å². The minimum Gasteiger partial charge on any atom is -0.368 e. The van der Waals surface area contributed by atoms with E-state index in [9.17, 15) is 13.2 Å². The summed E-state index contributed by atoms with van der Waals surface area (Å²) in [6, 6.07) is 42.6. The molecule has 28 nitrogen and oxygen atoms in total. The number of aryl methyl sites for hydroxylation is 1. The number of halogens is 5. The lowest BCUT2D eigenvalue weighted by Gasteiger charge is -2.33. The monoisotopic (exact) mass is 1620 g/mol. The number of pyridine rings is 1. The molecule has 12 aromatic rings. The summed E-state index contributed by atoms with van der Waals surface area (Å²) in [5.41, 5.74) is 27.8. The van der Waals surface area contributed by atoms with Crippen molar-refractivity contribution in [1.82, 2.24) is 80.3 Å². The standard InChI is InChI=1S/C24H27F2N7.C21H25N7.C20H22ClN7.C20H21F2N7/c1-31-11-13-32(14-12-31)19-8-9-21(27-15-19)30-23-22(26)24(29-16-28-23)33-10-2-3-20(33)17-4-6-18(25)7-5-17;1-13-5-2-3-6-15(13)17-7-4-10-28(17)20-12-18(24-21(22)25-20)23-19-11-16(26-27-19)14-8-9-14;21-14-7-5-13(6-8-14)16-2-1-9-28(16)19-11-17(24-20(22)25-19)23-18-10-15(26-27-18)12-3-4-12;21-12-5-6-13(14(22)8-12)16-2-1-7-29(16)19-10-17(25-20(23)26-19)24-18-9-15(27-28-18)11-3-4-11/h4-9,15-16,20H,2-3,10-14H2,1H3,(H,27,28,29,30);2-3,5-6,11-12,14,17H,4,7-10H2,1H3,(H4,22,23,24,25,26,27);5-8,10-12,16H,1-4,9H2,(H4,22,23,24,25,26,27);5-6,8-11,16H,1-4,7H2,(H4,23,24,25,26,27,28). The molecule has 0 spiro atoms. The first-order valence-electron chi connectivity index (χ1n) is 40.6. The summed E-state index contributed by atoms with van der Waals surface area (Å²) in [5.74, 6) is 7.70. The molecule has 4 atom stereocenters. The number of piperazine rings is 1. The van der Waals surface area contributed by atoms with Gasteiger partial charge in [0, 0.05) is 140 Å². The van der Waals surface area contributed by atoms with Crippen LogP contribution in [-0.4, -0.2) is 140 Å². The van der Waals surface area contributed by atoms with E-state index in [1.165, 1.54) is 97.2 Å². The lowest BCUT2D eigenvalue weighted by atomic mass is 9.99. The third-order valence-electron chi connectivity index (χ3n) is 23.0. The number of nitrogens with one attached hydrogen (secondary N) is 7. The summed E-state index contributed by atoms with van der Waals surface area (Å²) in [6.45, 7) is 9.39. The largest absolute Gasteiger partial charge is 0.368 e. The molecule has 0 bridgehead atoms. The van der Waals surface area contributed by atoms with Crippen molar-refractivity contribution in [1.29, 1.82) is 0 Å². The molecule has 118 heavy (non-hydrogen) atoms. The molecule has 13 N–H and O–H groups in total. The average molecular weight is 1620 g/mol. The molecule has 610 valence electrons. The zero-order chi connectivity index (χ0) is 80.9. The molecule has 13 heterocycles. The Bertz CT molecular complexity index is 5440. The summed E-state index contributed by atoms with van der Waals surface area (Å²) >= 11 is 6.05. The van der Waals surface area contributed by atoms with Crippen LogP contribution >= 0.6 is 11.6 Å². The average Bonchev–Trinajstić information content (AvgIpc) is 1.60. The maximum absolute atomic E-state index is 15.4. The van der Waals surface area contributed by atoms with Crippen molar-refractivity contribution in [3.63, 3.8) is 0 Å². The van der Waals surface area contributed by atoms with Gasteiger partial charge in [0.1, 0.15) is 64.5 Å². The summed E-state index contributed by atoms with van der Waals surface area (Å²) in [6.07, 6.45) is 18.3. The van der Waals surface area contributed by atoms with Crippen molar-refractivity contribution in [2.45, 2.75) is 139 Å². The van der Waals surface area contributed by atoms with Crippen molar-refractivity contribution >= 4 is 105 Å². The van der Waals surface area contributed by atoms with Crippen molar-refractivity contribution in [3.05, 3.63) is 225 Å². The van der Waals surface area contributed by atoms with E-state index < -0.39 is 17.5 Å². The van der Waals surface area contributed by atoms with Crippen LogP contribution in [-0.2, 0) is 0 Å². The number of likely N-dealkylation sites (N-methyl/N-ethyl adjacent to an activating group) is 1. The quantitative estimate of drug-likeness (QED) is 0.0317. The number of hydrogen-bond donors (Lipinski definition) is 10. The summed E-state index contributed by atoms with van der Waals surface area (Å²) in [4.78, 5) is 52.3. The number of rotatable bonds is 20. The second kappa shape index (κ2) is 34.8. The zero-order valence-electron chi connectivity index (χ0n) is 65.7. The first kappa shape index (κ1) is 78.1. The van der Waals surface area contributed by atoms with Crippen LogP contribution in [0.1, 0.15) is 177 Å². The molecule has 3 aliphatic carbocycles. The van der Waals surface area contributed by atoms with Crippen LogP contribution in [0.4, 0.5) is 111 Å². The van der Waals surface area contributed by atoms with Gasteiger partial charge in [-0.3, -0.25) is 15.3 Å². The molecular weight excluding hydrogens is 1520 g/mol. The van der Waals surface area contributed by atoms with Gasteiger partial charge >= 0.3 is 0 Å². The molecule has 5 saturated heterocycles. The molecule has 8 fully saturated rings. The number of benzene rings is 4. The van der Waals surface area contributed by atoms with E-state index >= 15 is 4.39 Å². The maximum Gasteiger partial charge on any atom is 0.223 e. The number of nitrogens with two attached hydrogens (primary N) is 3. The van der Waals surface area contributed by atoms with Gasteiger partial charge in [0.2, 0.25) is 23.7 Å². The lowest BCUT2D eigenvalue weighted by Crippen LogP contribution is -2.44. The molecular formula is C85H95ClF4N28. The number of aromatic nitrogens is 15. The summed E-state index contributed by atoms with van der Waals surface area (Å²) in [5, 5.41) is 35.6. The van der Waals surface area contributed by atoms with Crippen LogP contribution < -0.4 is 63.0 Å². The Morgan fingerprint density at radius 1 is 0.415 bits per heavy atom. The molecule has 0 radical (unpaired) electrons. The first-order valence-corrected chi connectivity index (χ1v) is 41.0. The van der Waals surface area contributed by atoms with Gasteiger partial charge in [0.05, 0.1) is 36.1 Å². The van der Waals surface area contributed by atoms with Crippen LogP contribution in [0, 0.1) is 30.2 Å². The van der Waals surface area contributed by atoms with Gasteiger partial charge in [-0.1, -0.05) is 66.2 Å².